The average molecular weight is 588 g/mol. The third-order valence-electron chi connectivity index (χ3n) is 4.89. The summed E-state index contributed by atoms with van der Waals surface area (Å²) >= 11 is 8.82. The Balaban J connectivity index is 2.20. The minimum absolute atomic E-state index is 0.00620. The number of carbonyl (C=O) groups excluding carboxylic acids is 1. The molecule has 15 heteroatoms. The molecule has 0 aliphatic carbocycles. The van der Waals surface area contributed by atoms with E-state index in [2.05, 4.69) is 25.8 Å². The van der Waals surface area contributed by atoms with Gasteiger partial charge in [-0.15, -0.1) is 0 Å². The molecule has 3 aromatic rings. The number of methoxy groups -OCH3 is 1. The van der Waals surface area contributed by atoms with Crippen LogP contribution in [0.25, 0.3) is 16.9 Å². The molecule has 0 fully saturated rings. The van der Waals surface area contributed by atoms with Crippen molar-refractivity contribution in [2.24, 2.45) is 0 Å². The highest BCUT2D eigenvalue weighted by molar-refractivity contribution is 9.10. The Bertz CT molecular complexity index is 1310. The molecular formula is C20H11BrClF7N4O2. The molecule has 2 aromatic heterocycles. The third kappa shape index (κ3) is 4.50. The standard InChI is InChI=1S/C20H11BrClF7N4O2/c1-35-17(34)12-6-10(2-3-14(12)22)11-8-31-33(9-11)16-13(21)7-15(32(16)5-4-30)18(23,19(24,25)26)20(27,28)29/h2-3,6-9H,5H2,1H3. The molecule has 0 radical (unpaired) electrons. The molecule has 35 heavy (non-hydrogen) atoms. The van der Waals surface area contributed by atoms with E-state index in [1.807, 2.05) is 0 Å². The van der Waals surface area contributed by atoms with Crippen LogP contribution < -0.4 is 0 Å². The molecule has 0 saturated carbocycles. The van der Waals surface area contributed by atoms with Gasteiger partial charge in [-0.2, -0.15) is 36.7 Å². The second-order valence-corrected chi connectivity index (χ2v) is 8.22. The molecule has 1 aromatic carbocycles. The van der Waals surface area contributed by atoms with E-state index >= 15 is 0 Å². The van der Waals surface area contributed by atoms with Crippen LogP contribution in [0.1, 0.15) is 16.1 Å². The normalized spacial score (nSPS) is 12.5. The molecule has 0 bridgehead atoms. The zero-order chi connectivity index (χ0) is 26.3. The Morgan fingerprint density at radius 2 is 1.77 bits per heavy atom. The van der Waals surface area contributed by atoms with Crippen molar-refractivity contribution >= 4 is 33.5 Å². The SMILES string of the molecule is COC(=O)c1cc(-c2cnn(-c3c(Br)cc(C(F)(C(F)(F)F)C(F)(F)F)n3CC#N)c2)ccc1Cl. The largest absolute Gasteiger partial charge is 0.465 e. The second-order valence-electron chi connectivity index (χ2n) is 6.96. The second kappa shape index (κ2) is 9.19. The van der Waals surface area contributed by atoms with Crippen LogP contribution in [0.4, 0.5) is 30.7 Å². The average Bonchev–Trinajstić information content (AvgIpc) is 3.36. The van der Waals surface area contributed by atoms with Gasteiger partial charge < -0.3 is 9.30 Å². The first-order valence-corrected chi connectivity index (χ1v) is 10.4. The summed E-state index contributed by atoms with van der Waals surface area (Å²) in [5.41, 5.74) is -7.01. The van der Waals surface area contributed by atoms with Gasteiger partial charge in [-0.3, -0.25) is 0 Å². The van der Waals surface area contributed by atoms with Gasteiger partial charge in [-0.25, -0.2) is 13.9 Å². The van der Waals surface area contributed by atoms with Gasteiger partial charge in [0, 0.05) is 11.8 Å². The zero-order valence-electron chi connectivity index (χ0n) is 17.2. The molecule has 0 atom stereocenters. The third-order valence-corrected chi connectivity index (χ3v) is 5.80. The van der Waals surface area contributed by atoms with Gasteiger partial charge in [0.15, 0.2) is 0 Å². The highest BCUT2D eigenvalue weighted by Crippen LogP contribution is 2.54. The molecule has 2 heterocycles. The summed E-state index contributed by atoms with van der Waals surface area (Å²) in [6.45, 7) is -1.06. The number of hydrogen-bond donors (Lipinski definition) is 0. The summed E-state index contributed by atoms with van der Waals surface area (Å²) in [6, 6.07) is 5.91. The molecule has 0 amide bonds. The lowest BCUT2D eigenvalue weighted by Gasteiger charge is -2.30. The van der Waals surface area contributed by atoms with Crippen LogP contribution in [-0.2, 0) is 17.0 Å². The summed E-state index contributed by atoms with van der Waals surface area (Å²) in [7, 11) is 1.13. The predicted octanol–water partition coefficient (Wildman–Crippen LogP) is 6.36. The van der Waals surface area contributed by atoms with E-state index in [1.54, 1.807) is 0 Å². The highest BCUT2D eigenvalue weighted by atomic mass is 79.9. The molecular weight excluding hydrogens is 577 g/mol. The maximum Gasteiger partial charge on any atom is 0.437 e. The van der Waals surface area contributed by atoms with Crippen LogP contribution in [-0.4, -0.2) is 39.8 Å². The Hall–Kier alpha value is -3.05. The van der Waals surface area contributed by atoms with Gasteiger partial charge >= 0.3 is 24.0 Å². The monoisotopic (exact) mass is 586 g/mol. The van der Waals surface area contributed by atoms with Crippen molar-refractivity contribution in [3.8, 4) is 23.0 Å². The summed E-state index contributed by atoms with van der Waals surface area (Å²) in [5.74, 6) is -1.22. The van der Waals surface area contributed by atoms with Crippen LogP contribution >= 0.6 is 27.5 Å². The maximum absolute atomic E-state index is 14.8. The lowest BCUT2D eigenvalue weighted by Crippen LogP contribution is -2.51. The molecule has 0 N–H and O–H groups in total. The van der Waals surface area contributed by atoms with Gasteiger partial charge in [0.25, 0.3) is 0 Å². The van der Waals surface area contributed by atoms with E-state index in [4.69, 9.17) is 16.9 Å². The smallest absolute Gasteiger partial charge is 0.437 e. The molecule has 0 unspecified atom stereocenters. The number of nitriles is 1. The van der Waals surface area contributed by atoms with Crippen LogP contribution in [0.5, 0.6) is 0 Å². The molecule has 6 nitrogen and oxygen atoms in total. The van der Waals surface area contributed by atoms with E-state index in [0.717, 1.165) is 11.8 Å². The van der Waals surface area contributed by atoms with Crippen molar-refractivity contribution in [3.05, 3.63) is 57.4 Å². The molecule has 186 valence electrons. The molecule has 0 saturated heterocycles. The fraction of sp³-hybridized carbons (Fsp3) is 0.250. The number of benzene rings is 1. The van der Waals surface area contributed by atoms with Crippen molar-refractivity contribution in [3.63, 3.8) is 0 Å². The Labute approximate surface area is 205 Å². The Kier molecular flexibility index (Phi) is 6.98. The first-order valence-electron chi connectivity index (χ1n) is 9.19. The van der Waals surface area contributed by atoms with Crippen molar-refractivity contribution in [2.75, 3.05) is 7.11 Å². The number of rotatable bonds is 5. The van der Waals surface area contributed by atoms with Crippen LogP contribution in [0.15, 0.2) is 41.1 Å². The molecule has 0 spiro atoms. The topological polar surface area (TPSA) is 72.8 Å². The van der Waals surface area contributed by atoms with Crippen LogP contribution in [0.3, 0.4) is 0 Å². The predicted molar refractivity (Wildman–Crippen MR) is 112 cm³/mol. The van der Waals surface area contributed by atoms with E-state index < -0.39 is 42.0 Å². The van der Waals surface area contributed by atoms with Gasteiger partial charge in [0.2, 0.25) is 0 Å². The number of esters is 1. The molecule has 3 rings (SSSR count). The summed E-state index contributed by atoms with van der Waals surface area (Å²) < 4.78 is 100. The minimum Gasteiger partial charge on any atom is -0.465 e. The maximum atomic E-state index is 14.8. The number of aromatic nitrogens is 3. The van der Waals surface area contributed by atoms with E-state index in [-0.39, 0.29) is 25.2 Å². The van der Waals surface area contributed by atoms with Crippen molar-refractivity contribution in [1.29, 1.82) is 5.26 Å². The van der Waals surface area contributed by atoms with Crippen LogP contribution in [0, 0.1) is 11.3 Å². The quantitative estimate of drug-likeness (QED) is 0.257. The van der Waals surface area contributed by atoms with Gasteiger partial charge in [-0.05, 0) is 39.7 Å². The number of nitrogens with zero attached hydrogens (tertiary/aromatic N) is 4. The summed E-state index contributed by atoms with van der Waals surface area (Å²) in [4.78, 5) is 11.9. The minimum atomic E-state index is -6.38. The number of hydrogen-bond acceptors (Lipinski definition) is 4. The van der Waals surface area contributed by atoms with E-state index in [9.17, 15) is 35.5 Å². The lowest BCUT2D eigenvalue weighted by atomic mass is 10.0. The molecule has 0 aliphatic heterocycles. The highest BCUT2D eigenvalue weighted by Gasteiger charge is 2.75. The van der Waals surface area contributed by atoms with Gasteiger partial charge in [-0.1, -0.05) is 17.7 Å². The number of carbonyl (C=O) groups is 1. The lowest BCUT2D eigenvalue weighted by molar-refractivity contribution is -0.350. The summed E-state index contributed by atoms with van der Waals surface area (Å²) in [5, 5.41) is 13.1. The Morgan fingerprint density at radius 3 is 2.31 bits per heavy atom. The van der Waals surface area contributed by atoms with Gasteiger partial charge in [0.1, 0.15) is 12.4 Å². The number of halogens is 9. The fourth-order valence-corrected chi connectivity index (χ4v) is 4.07. The Morgan fingerprint density at radius 1 is 1.14 bits per heavy atom. The molecule has 0 aliphatic rings. The summed E-state index contributed by atoms with van der Waals surface area (Å²) in [6.07, 6.45) is -10.4. The first kappa shape index (κ1) is 26.6. The van der Waals surface area contributed by atoms with Crippen molar-refractivity contribution in [1.82, 2.24) is 14.3 Å². The fourth-order valence-electron chi connectivity index (χ4n) is 3.26. The van der Waals surface area contributed by atoms with Crippen molar-refractivity contribution < 1.29 is 40.3 Å². The van der Waals surface area contributed by atoms with E-state index in [0.29, 0.717) is 11.6 Å². The number of alkyl halides is 7. The van der Waals surface area contributed by atoms with Crippen molar-refractivity contribution in [2.45, 2.75) is 24.6 Å². The van der Waals surface area contributed by atoms with E-state index in [1.165, 1.54) is 36.7 Å². The first-order chi connectivity index (χ1) is 16.2. The number of ether oxygens (including phenoxy) is 1. The van der Waals surface area contributed by atoms with Gasteiger partial charge in [0.05, 0.1) is 40.1 Å². The zero-order valence-corrected chi connectivity index (χ0v) is 19.5. The van der Waals surface area contributed by atoms with Crippen LogP contribution in [0.2, 0.25) is 5.02 Å².